The molecule has 4 rings (SSSR count). The number of methoxy groups -OCH3 is 4. The molecule has 0 N–H and O–H groups in total. The number of carbonyl (C=O) groups is 3. The van der Waals surface area contributed by atoms with Crippen molar-refractivity contribution in [3.8, 4) is 17.2 Å². The Labute approximate surface area is 236 Å². The van der Waals surface area contributed by atoms with Crippen LogP contribution in [0.1, 0.15) is 31.1 Å². The van der Waals surface area contributed by atoms with Crippen molar-refractivity contribution in [3.05, 3.63) is 89.5 Å². The maximum atomic E-state index is 13.3. The molecule has 3 aromatic rings. The van der Waals surface area contributed by atoms with Crippen molar-refractivity contribution in [3.63, 3.8) is 0 Å². The van der Waals surface area contributed by atoms with Crippen LogP contribution >= 0.6 is 0 Å². The molecule has 1 fully saturated rings. The van der Waals surface area contributed by atoms with E-state index in [-0.39, 0.29) is 34.8 Å². The second kappa shape index (κ2) is 13.6. The van der Waals surface area contributed by atoms with Gasteiger partial charge in [-0.25, -0.2) is 14.4 Å². The number of esters is 3. The smallest absolute Gasteiger partial charge is 0.342 e. The summed E-state index contributed by atoms with van der Waals surface area (Å²) in [7, 11) is 5.62. The second-order valence-corrected chi connectivity index (χ2v) is 8.72. The van der Waals surface area contributed by atoms with E-state index in [0.717, 1.165) is 0 Å². The molecule has 0 radical (unpaired) electrons. The van der Waals surface area contributed by atoms with Gasteiger partial charge < -0.3 is 37.9 Å². The van der Waals surface area contributed by atoms with Gasteiger partial charge in [0.25, 0.3) is 0 Å². The first-order chi connectivity index (χ1) is 19.9. The number of rotatable bonds is 11. The maximum absolute atomic E-state index is 13.3. The zero-order valence-corrected chi connectivity index (χ0v) is 22.9. The average Bonchev–Trinajstić information content (AvgIpc) is 3.34. The summed E-state index contributed by atoms with van der Waals surface area (Å²) in [6.45, 7) is -0.358. The molecular formula is C30H30O11. The first-order valence-corrected chi connectivity index (χ1v) is 12.6. The molecule has 0 amide bonds. The fourth-order valence-electron chi connectivity index (χ4n) is 4.33. The third-order valence-corrected chi connectivity index (χ3v) is 6.35. The van der Waals surface area contributed by atoms with E-state index in [4.69, 9.17) is 37.9 Å². The van der Waals surface area contributed by atoms with E-state index in [1.54, 1.807) is 60.7 Å². The van der Waals surface area contributed by atoms with Gasteiger partial charge in [0, 0.05) is 7.11 Å². The number of para-hydroxylation sites is 3. The highest BCUT2D eigenvalue weighted by Gasteiger charge is 2.51. The van der Waals surface area contributed by atoms with Gasteiger partial charge in [-0.1, -0.05) is 36.4 Å². The lowest BCUT2D eigenvalue weighted by molar-refractivity contribution is -0.155. The Balaban J connectivity index is 1.61. The van der Waals surface area contributed by atoms with Crippen LogP contribution in [0.4, 0.5) is 0 Å². The molecule has 0 bridgehead atoms. The molecule has 1 aliphatic heterocycles. The predicted octanol–water partition coefficient (Wildman–Crippen LogP) is 3.69. The Hall–Kier alpha value is -4.61. The summed E-state index contributed by atoms with van der Waals surface area (Å²) in [4.78, 5) is 39.3. The number of ether oxygens (including phenoxy) is 8. The van der Waals surface area contributed by atoms with Crippen molar-refractivity contribution < 1.29 is 52.3 Å². The fraction of sp³-hybridized carbons (Fsp3) is 0.300. The van der Waals surface area contributed by atoms with Crippen LogP contribution in [-0.2, 0) is 23.7 Å². The number of hydrogen-bond acceptors (Lipinski definition) is 11. The van der Waals surface area contributed by atoms with Gasteiger partial charge >= 0.3 is 17.9 Å². The molecular weight excluding hydrogens is 536 g/mol. The van der Waals surface area contributed by atoms with E-state index in [1.165, 1.54) is 40.6 Å². The first kappa shape index (κ1) is 29.4. The largest absolute Gasteiger partial charge is 0.496 e. The van der Waals surface area contributed by atoms with Crippen LogP contribution in [0.2, 0.25) is 0 Å². The maximum Gasteiger partial charge on any atom is 0.342 e. The lowest BCUT2D eigenvalue weighted by atomic mass is 10.1. The number of benzene rings is 3. The standard InChI is InChI=1S/C30H30O11/c1-34-21-14-8-5-11-18(21)27(31)38-17-24-25(40-28(32)19-12-6-9-15-22(19)35-2)26(30(37-4)39-24)41-29(33)20-13-7-10-16-23(20)36-3/h5-16,24-26,30H,17H2,1-4H3/t24?,25-,26+,30?/m1/s1. The summed E-state index contributed by atoms with van der Waals surface area (Å²) in [5.74, 6) is -1.33. The minimum atomic E-state index is -1.23. The molecule has 1 saturated heterocycles. The topological polar surface area (TPSA) is 125 Å². The number of carbonyl (C=O) groups excluding carboxylic acids is 3. The summed E-state index contributed by atoms with van der Waals surface area (Å²) >= 11 is 0. The Morgan fingerprint density at radius 3 is 1.46 bits per heavy atom. The van der Waals surface area contributed by atoms with Gasteiger partial charge in [-0.15, -0.1) is 0 Å². The molecule has 11 nitrogen and oxygen atoms in total. The van der Waals surface area contributed by atoms with Crippen LogP contribution < -0.4 is 14.2 Å². The van der Waals surface area contributed by atoms with Crippen LogP contribution in [0, 0.1) is 0 Å². The lowest BCUT2D eigenvalue weighted by Crippen LogP contribution is -2.42. The molecule has 1 heterocycles. The van der Waals surface area contributed by atoms with Gasteiger partial charge in [-0.2, -0.15) is 0 Å². The molecule has 11 heteroatoms. The van der Waals surface area contributed by atoms with Crippen molar-refractivity contribution in [2.24, 2.45) is 0 Å². The Morgan fingerprint density at radius 1 is 0.610 bits per heavy atom. The SMILES string of the molecule is COc1ccccc1C(=O)OCC1OC(OC)[C@@H](OC(=O)c2ccccc2OC)[C@@H]1OC(=O)c1ccccc1OC. The molecule has 216 valence electrons. The van der Waals surface area contributed by atoms with Gasteiger partial charge in [-0.3, -0.25) is 0 Å². The highest BCUT2D eigenvalue weighted by molar-refractivity contribution is 5.94. The number of hydrogen-bond donors (Lipinski definition) is 0. The zero-order chi connectivity index (χ0) is 29.4. The Morgan fingerprint density at radius 2 is 1.02 bits per heavy atom. The van der Waals surface area contributed by atoms with Crippen LogP contribution in [0.15, 0.2) is 72.8 Å². The Kier molecular flexibility index (Phi) is 9.77. The molecule has 41 heavy (non-hydrogen) atoms. The normalized spacial score (nSPS) is 19.6. The lowest BCUT2D eigenvalue weighted by Gasteiger charge is -2.24. The highest BCUT2D eigenvalue weighted by atomic mass is 16.7. The molecule has 2 unspecified atom stereocenters. The van der Waals surface area contributed by atoms with E-state index >= 15 is 0 Å². The van der Waals surface area contributed by atoms with Crippen molar-refractivity contribution in [1.29, 1.82) is 0 Å². The van der Waals surface area contributed by atoms with Crippen LogP contribution in [0.25, 0.3) is 0 Å². The van der Waals surface area contributed by atoms with Crippen molar-refractivity contribution in [2.45, 2.75) is 24.6 Å². The first-order valence-electron chi connectivity index (χ1n) is 12.6. The molecule has 0 aliphatic carbocycles. The summed E-state index contributed by atoms with van der Waals surface area (Å²) in [6.07, 6.45) is -4.68. The molecule has 0 saturated carbocycles. The summed E-state index contributed by atoms with van der Waals surface area (Å²) in [5, 5.41) is 0. The summed E-state index contributed by atoms with van der Waals surface area (Å²) < 4.78 is 44.3. The summed E-state index contributed by atoms with van der Waals surface area (Å²) in [5.41, 5.74) is 0.471. The molecule has 0 spiro atoms. The fourth-order valence-corrected chi connectivity index (χ4v) is 4.33. The van der Waals surface area contributed by atoms with Gasteiger partial charge in [0.15, 0.2) is 18.5 Å². The minimum absolute atomic E-state index is 0.135. The minimum Gasteiger partial charge on any atom is -0.496 e. The van der Waals surface area contributed by atoms with Crippen molar-refractivity contribution in [1.82, 2.24) is 0 Å². The van der Waals surface area contributed by atoms with Gasteiger partial charge in [-0.05, 0) is 36.4 Å². The molecule has 0 aromatic heterocycles. The quantitative estimate of drug-likeness (QED) is 0.249. The van der Waals surface area contributed by atoms with Crippen LogP contribution in [0.3, 0.4) is 0 Å². The van der Waals surface area contributed by atoms with Gasteiger partial charge in [0.2, 0.25) is 0 Å². The third-order valence-electron chi connectivity index (χ3n) is 6.35. The van der Waals surface area contributed by atoms with E-state index in [9.17, 15) is 14.4 Å². The zero-order valence-electron chi connectivity index (χ0n) is 22.9. The van der Waals surface area contributed by atoms with Crippen LogP contribution in [-0.4, -0.2) is 77.6 Å². The summed E-state index contributed by atoms with van der Waals surface area (Å²) in [6, 6.07) is 19.5. The molecule has 3 aromatic carbocycles. The highest BCUT2D eigenvalue weighted by Crippen LogP contribution is 2.32. The molecule has 1 aliphatic rings. The third kappa shape index (κ3) is 6.59. The van der Waals surface area contributed by atoms with Crippen LogP contribution in [0.5, 0.6) is 17.2 Å². The van der Waals surface area contributed by atoms with Gasteiger partial charge in [0.1, 0.15) is 46.6 Å². The predicted molar refractivity (Wildman–Crippen MR) is 143 cm³/mol. The Bertz CT molecular complexity index is 1370. The van der Waals surface area contributed by atoms with Crippen molar-refractivity contribution in [2.75, 3.05) is 35.0 Å². The van der Waals surface area contributed by atoms with Gasteiger partial charge in [0.05, 0.1) is 21.3 Å². The van der Waals surface area contributed by atoms with E-state index in [2.05, 4.69) is 0 Å². The van der Waals surface area contributed by atoms with Crippen molar-refractivity contribution >= 4 is 17.9 Å². The van der Waals surface area contributed by atoms with E-state index < -0.39 is 42.5 Å². The second-order valence-electron chi connectivity index (χ2n) is 8.72. The van der Waals surface area contributed by atoms with E-state index in [1.807, 2.05) is 0 Å². The monoisotopic (exact) mass is 566 g/mol. The molecule has 4 atom stereocenters. The average molecular weight is 567 g/mol. The van der Waals surface area contributed by atoms with E-state index in [0.29, 0.717) is 5.75 Å².